The van der Waals surface area contributed by atoms with Gasteiger partial charge in [0.15, 0.2) is 0 Å². The number of amides is 5. The number of β-amino-alcohol motifs (C(OH)–C–C–N with tert-alkyl or cyclic N) is 1. The van der Waals surface area contributed by atoms with Gasteiger partial charge in [-0.2, -0.15) is 5.10 Å². The van der Waals surface area contributed by atoms with Gasteiger partial charge in [-0.3, -0.25) is 24.0 Å². The van der Waals surface area contributed by atoms with Crippen LogP contribution in [0, 0.1) is 30.1 Å². The molecule has 4 saturated carbocycles. The quantitative estimate of drug-likeness (QED) is 0.0636. The van der Waals surface area contributed by atoms with Crippen molar-refractivity contribution in [3.05, 3.63) is 100 Å². The zero-order valence-corrected chi connectivity index (χ0v) is 44.5. The smallest absolute Gasteiger partial charge is 0.255 e. The van der Waals surface area contributed by atoms with Gasteiger partial charge in [0.2, 0.25) is 17.7 Å². The van der Waals surface area contributed by atoms with Crippen LogP contribution >= 0.6 is 11.3 Å². The van der Waals surface area contributed by atoms with Crippen LogP contribution in [0.4, 0.5) is 0 Å². The maximum Gasteiger partial charge on any atom is 0.255 e. The number of ether oxygens (including phenoxy) is 1. The predicted molar refractivity (Wildman–Crippen MR) is 279 cm³/mol. The van der Waals surface area contributed by atoms with Gasteiger partial charge in [0.05, 0.1) is 77.8 Å². The van der Waals surface area contributed by atoms with E-state index >= 15 is 0 Å². The van der Waals surface area contributed by atoms with Gasteiger partial charge in [0, 0.05) is 42.4 Å². The molecular weight excluding hydrogens is 959 g/mol. The van der Waals surface area contributed by atoms with Crippen LogP contribution < -0.4 is 21.3 Å². The van der Waals surface area contributed by atoms with Crippen LogP contribution in [-0.2, 0) is 44.2 Å². The van der Waals surface area contributed by atoms with Gasteiger partial charge in [-0.05, 0) is 104 Å². The van der Waals surface area contributed by atoms with Crippen molar-refractivity contribution in [2.75, 3.05) is 19.8 Å². The Morgan fingerprint density at radius 3 is 2.19 bits per heavy atom. The van der Waals surface area contributed by atoms with Gasteiger partial charge in [-0.1, -0.05) is 71.0 Å². The summed E-state index contributed by atoms with van der Waals surface area (Å²) < 4.78 is 9.17. The summed E-state index contributed by atoms with van der Waals surface area (Å²) in [6.45, 7) is 14.8. The number of nitrogens with zero attached hydrogens (tertiary/aromatic N) is 7. The van der Waals surface area contributed by atoms with Gasteiger partial charge >= 0.3 is 0 Å². The number of hydrogen-bond donors (Lipinski definition) is 5. The lowest BCUT2D eigenvalue weighted by molar-refractivity contribution is -0.144. The average molecular weight is 1030 g/mol. The lowest BCUT2D eigenvalue weighted by Crippen LogP contribution is -2.59. The minimum Gasteiger partial charge on any atom is -0.391 e. The molecule has 3 aromatic heterocycles. The number of hydrogen-bond acceptors (Lipinski definition) is 12. The Morgan fingerprint density at radius 2 is 1.55 bits per heavy atom. The first-order chi connectivity index (χ1) is 35.2. The summed E-state index contributed by atoms with van der Waals surface area (Å²) in [6.07, 6.45) is 9.74. The molecule has 5 fully saturated rings. The number of rotatable bonds is 18. The van der Waals surface area contributed by atoms with Gasteiger partial charge in [0.25, 0.3) is 11.8 Å². The second kappa shape index (κ2) is 21.5. The highest BCUT2D eigenvalue weighted by Crippen LogP contribution is 2.55. The molecule has 394 valence electrons. The topological polar surface area (TPSA) is 228 Å². The summed E-state index contributed by atoms with van der Waals surface area (Å²) in [4.78, 5) is 74.8. The maximum atomic E-state index is 14.1. The molecule has 4 bridgehead atoms. The molecule has 5 aromatic rings. The van der Waals surface area contributed by atoms with Gasteiger partial charge in [0.1, 0.15) is 17.8 Å². The average Bonchev–Trinajstić information content (AvgIpc) is 4.18. The van der Waals surface area contributed by atoms with Crippen LogP contribution in [0.25, 0.3) is 16.1 Å². The Labute approximate surface area is 436 Å². The Morgan fingerprint density at radius 1 is 0.865 bits per heavy atom. The highest BCUT2D eigenvalue weighted by atomic mass is 32.1. The number of likely N-dealkylation sites (tertiary alicyclic amines) is 1. The van der Waals surface area contributed by atoms with Crippen LogP contribution in [0.15, 0.2) is 66.4 Å². The predicted octanol–water partition coefficient (Wildman–Crippen LogP) is 6.04. The molecule has 4 heterocycles. The second-order valence-corrected chi connectivity index (χ2v) is 24.1. The third-order valence-electron chi connectivity index (χ3n) is 15.2. The van der Waals surface area contributed by atoms with Crippen molar-refractivity contribution >= 4 is 40.9 Å². The van der Waals surface area contributed by atoms with Crippen molar-refractivity contribution in [1.29, 1.82) is 0 Å². The SMILES string of the molecule is Cc1ncsc1-c1ccc(CNC(=O)[C@@H]2C[C@@H](O)CN2C(=O)[C@@H](NC(=O)CCOCCn2cc(CNC(=O)c3ccc(-n4ncc(C(=O)NC56CC7CC(CC(C7)C5)C6)c4C(C)(C)C)cc3)nn2)C(C)(C)C)cc1. The van der Waals surface area contributed by atoms with Crippen LogP contribution in [-0.4, -0.2) is 113 Å². The number of aromatic nitrogens is 6. The van der Waals surface area contributed by atoms with Crippen molar-refractivity contribution in [2.24, 2.45) is 23.2 Å². The minimum absolute atomic E-state index is 0.0111. The van der Waals surface area contributed by atoms with Crippen molar-refractivity contribution in [2.45, 2.75) is 149 Å². The fraction of sp³-hybridized carbons (Fsp3) is 0.545. The molecule has 18 nitrogen and oxygen atoms in total. The van der Waals surface area contributed by atoms with E-state index in [1.807, 2.05) is 74.3 Å². The summed E-state index contributed by atoms with van der Waals surface area (Å²) in [6, 6.07) is 13.2. The number of carbonyl (C=O) groups excluding carboxylic acids is 5. The molecule has 0 spiro atoms. The lowest BCUT2D eigenvalue weighted by Gasteiger charge is -2.56. The third-order valence-corrected chi connectivity index (χ3v) is 16.2. The van der Waals surface area contributed by atoms with E-state index in [4.69, 9.17) is 9.84 Å². The zero-order valence-electron chi connectivity index (χ0n) is 43.6. The summed E-state index contributed by atoms with van der Waals surface area (Å²) in [5.41, 5.74) is 6.69. The first kappa shape index (κ1) is 52.5. The van der Waals surface area contributed by atoms with Crippen LogP contribution in [0.1, 0.15) is 136 Å². The molecule has 1 aliphatic heterocycles. The monoisotopic (exact) mass is 1030 g/mol. The maximum absolute atomic E-state index is 14.1. The number of aliphatic hydroxyl groups is 1. The van der Waals surface area contributed by atoms with Crippen LogP contribution in [0.3, 0.4) is 0 Å². The number of thiazole rings is 1. The third kappa shape index (κ3) is 11.9. The first-order valence-corrected chi connectivity index (χ1v) is 26.9. The largest absolute Gasteiger partial charge is 0.391 e. The van der Waals surface area contributed by atoms with E-state index in [2.05, 4.69) is 57.3 Å². The number of carbonyl (C=O) groups is 5. The molecule has 4 aliphatic carbocycles. The molecular formula is C55H71N11O7S. The van der Waals surface area contributed by atoms with E-state index in [1.165, 1.54) is 24.2 Å². The number of nitrogens with one attached hydrogen (secondary N) is 4. The zero-order chi connectivity index (χ0) is 52.5. The molecule has 5 N–H and O–H groups in total. The van der Waals surface area contributed by atoms with E-state index < -0.39 is 29.5 Å². The normalized spacial score (nSPS) is 22.6. The van der Waals surface area contributed by atoms with E-state index in [-0.39, 0.29) is 80.3 Å². The highest BCUT2D eigenvalue weighted by Gasteiger charge is 2.52. The van der Waals surface area contributed by atoms with Crippen LogP contribution in [0.5, 0.6) is 0 Å². The van der Waals surface area contributed by atoms with E-state index in [9.17, 15) is 29.1 Å². The second-order valence-electron chi connectivity index (χ2n) is 23.2. The highest BCUT2D eigenvalue weighted by molar-refractivity contribution is 7.13. The van der Waals surface area contributed by atoms with Gasteiger partial charge in [-0.25, -0.2) is 14.3 Å². The first-order valence-electron chi connectivity index (χ1n) is 26.0. The summed E-state index contributed by atoms with van der Waals surface area (Å²) in [5.74, 6) is 0.626. The molecule has 5 aliphatic rings. The molecule has 1 saturated heterocycles. The Balaban J connectivity index is 0.705. The lowest BCUT2D eigenvalue weighted by atomic mass is 9.53. The molecule has 0 radical (unpaired) electrons. The van der Waals surface area contributed by atoms with Crippen LogP contribution in [0.2, 0.25) is 0 Å². The Hall–Kier alpha value is -6.31. The molecule has 10 rings (SSSR count). The number of benzene rings is 2. The minimum atomic E-state index is -0.958. The summed E-state index contributed by atoms with van der Waals surface area (Å²) in [5, 5.41) is 35.9. The Kier molecular flexibility index (Phi) is 15.3. The van der Waals surface area contributed by atoms with Gasteiger partial charge in [-0.15, -0.1) is 16.4 Å². The number of aryl methyl sites for hydroxylation is 1. The van der Waals surface area contributed by atoms with E-state index in [1.54, 1.807) is 40.5 Å². The van der Waals surface area contributed by atoms with Crippen molar-refractivity contribution in [3.63, 3.8) is 0 Å². The van der Waals surface area contributed by atoms with Gasteiger partial charge < -0.3 is 36.0 Å². The molecule has 0 unspecified atom stereocenters. The number of aliphatic hydroxyl groups excluding tert-OH is 1. The fourth-order valence-corrected chi connectivity index (χ4v) is 12.8. The molecule has 3 atom stereocenters. The van der Waals surface area contributed by atoms with E-state index in [0.29, 0.717) is 23.4 Å². The van der Waals surface area contributed by atoms with Crippen molar-refractivity contribution in [1.82, 2.24) is 55.9 Å². The molecule has 2 aromatic carbocycles. The van der Waals surface area contributed by atoms with E-state index in [0.717, 1.165) is 70.1 Å². The van der Waals surface area contributed by atoms with Crippen molar-refractivity contribution in [3.8, 4) is 16.1 Å². The molecule has 5 amide bonds. The molecule has 19 heteroatoms. The molecule has 74 heavy (non-hydrogen) atoms. The Bertz CT molecular complexity index is 2810. The summed E-state index contributed by atoms with van der Waals surface area (Å²) in [7, 11) is 0. The van der Waals surface area contributed by atoms with Crippen molar-refractivity contribution < 1.29 is 33.8 Å². The standard InChI is InChI=1S/C55H71N11O7S/c1-33-46(74-32-58-33)38-10-8-34(9-11-38)27-56-51(71)44-23-42(67)31-65(44)52(72)47(53(2,3)4)60-45(68)16-18-73-19-17-64-30-40(62-63-64)28-57-49(69)39-12-14-41(15-13-39)66-48(54(5,6)7)43(29-59-66)50(70)61-55-24-35-20-36(25-55)22-37(21-35)26-55/h8-15,29-30,32,35-37,42,44,47,67H,16-28,31H2,1-7H3,(H,56,71)(H,57,69)(H,60,68)(H,61,70)/t35?,36?,37?,42-,44+,47-,55?/m1/s1. The fourth-order valence-electron chi connectivity index (χ4n) is 12.0. The summed E-state index contributed by atoms with van der Waals surface area (Å²) >= 11 is 1.57.